The van der Waals surface area contributed by atoms with Gasteiger partial charge in [0, 0.05) is 25.0 Å². The van der Waals surface area contributed by atoms with Crippen LogP contribution in [0.15, 0.2) is 0 Å². The van der Waals surface area contributed by atoms with Gasteiger partial charge in [-0.1, -0.05) is 26.2 Å². The molecule has 5 nitrogen and oxygen atoms in total. The molecule has 1 N–H and O–H groups in total. The maximum Gasteiger partial charge on any atom is 0.225 e. The Morgan fingerprint density at radius 3 is 2.48 bits per heavy atom. The minimum Gasteiger partial charge on any atom is -0.341 e. The first-order valence-electron chi connectivity index (χ1n) is 9.15. The highest BCUT2D eigenvalue weighted by Crippen LogP contribution is 2.33. The summed E-state index contributed by atoms with van der Waals surface area (Å²) >= 11 is 0. The van der Waals surface area contributed by atoms with Crippen LogP contribution in [0.25, 0.3) is 0 Å². The van der Waals surface area contributed by atoms with Gasteiger partial charge in [-0.05, 0) is 44.4 Å². The molecule has 0 radical (unpaired) electrons. The third-order valence-corrected chi connectivity index (χ3v) is 6.04. The number of carbonyl (C=O) groups is 1. The van der Waals surface area contributed by atoms with Gasteiger partial charge in [0.2, 0.25) is 15.9 Å². The lowest BCUT2D eigenvalue weighted by Crippen LogP contribution is -2.51. The van der Waals surface area contributed by atoms with E-state index in [9.17, 15) is 13.2 Å². The van der Waals surface area contributed by atoms with E-state index in [2.05, 4.69) is 11.6 Å². The van der Waals surface area contributed by atoms with E-state index in [1.54, 1.807) is 0 Å². The number of unbranched alkanes of at least 4 members (excludes halogenated alkanes) is 1. The Kier molecular flexibility index (Phi) is 6.89. The van der Waals surface area contributed by atoms with Gasteiger partial charge >= 0.3 is 0 Å². The van der Waals surface area contributed by atoms with Crippen LogP contribution < -0.4 is 4.72 Å². The molecule has 1 saturated heterocycles. The van der Waals surface area contributed by atoms with Crippen molar-refractivity contribution in [2.24, 2.45) is 11.8 Å². The number of rotatable bonds is 6. The van der Waals surface area contributed by atoms with E-state index in [-0.39, 0.29) is 17.9 Å². The molecule has 0 spiro atoms. The van der Waals surface area contributed by atoms with Crippen LogP contribution in [-0.2, 0) is 14.8 Å². The Bertz CT molecular complexity index is 484. The summed E-state index contributed by atoms with van der Waals surface area (Å²) in [5, 5.41) is 0. The molecule has 0 aromatic heterocycles. The molecule has 1 atom stereocenters. The Morgan fingerprint density at radius 1 is 1.17 bits per heavy atom. The molecule has 1 aliphatic carbocycles. The monoisotopic (exact) mass is 344 g/mol. The average molecular weight is 345 g/mol. The van der Waals surface area contributed by atoms with Crippen molar-refractivity contribution >= 4 is 15.9 Å². The number of sulfonamides is 1. The second-order valence-electron chi connectivity index (χ2n) is 7.37. The molecule has 0 aromatic carbocycles. The molecule has 1 amide bonds. The normalized spacial score (nSPS) is 29.5. The second-order valence-corrected chi connectivity index (χ2v) is 9.15. The summed E-state index contributed by atoms with van der Waals surface area (Å²) in [5.41, 5.74) is 0. The summed E-state index contributed by atoms with van der Waals surface area (Å²) in [6.45, 7) is 3.53. The van der Waals surface area contributed by atoms with Crippen molar-refractivity contribution in [2.45, 2.75) is 70.8 Å². The first-order valence-corrected chi connectivity index (χ1v) is 11.0. The SMILES string of the molecule is CCCCC1CCC(C(=O)N2CCCC(NS(C)(=O)=O)C2)CC1. The van der Waals surface area contributed by atoms with Crippen LogP contribution in [-0.4, -0.2) is 44.6 Å². The lowest BCUT2D eigenvalue weighted by molar-refractivity contribution is -0.138. The lowest BCUT2D eigenvalue weighted by Gasteiger charge is -2.37. The highest BCUT2D eigenvalue weighted by Gasteiger charge is 2.32. The quantitative estimate of drug-likeness (QED) is 0.805. The van der Waals surface area contributed by atoms with Crippen molar-refractivity contribution in [1.29, 1.82) is 0 Å². The number of carbonyl (C=O) groups excluding carboxylic acids is 1. The van der Waals surface area contributed by atoms with Gasteiger partial charge in [-0.3, -0.25) is 4.79 Å². The summed E-state index contributed by atoms with van der Waals surface area (Å²) in [6.07, 6.45) is 11.1. The van der Waals surface area contributed by atoms with Crippen LogP contribution in [0.4, 0.5) is 0 Å². The van der Waals surface area contributed by atoms with Crippen molar-refractivity contribution in [3.63, 3.8) is 0 Å². The number of hydrogen-bond acceptors (Lipinski definition) is 3. The topological polar surface area (TPSA) is 66.5 Å². The highest BCUT2D eigenvalue weighted by atomic mass is 32.2. The molecule has 2 aliphatic rings. The van der Waals surface area contributed by atoms with E-state index in [0.717, 1.165) is 38.1 Å². The largest absolute Gasteiger partial charge is 0.341 e. The van der Waals surface area contributed by atoms with Gasteiger partial charge in [-0.15, -0.1) is 0 Å². The lowest BCUT2D eigenvalue weighted by atomic mass is 9.79. The smallest absolute Gasteiger partial charge is 0.225 e. The summed E-state index contributed by atoms with van der Waals surface area (Å²) in [5.74, 6) is 1.21. The summed E-state index contributed by atoms with van der Waals surface area (Å²) in [4.78, 5) is 14.6. The van der Waals surface area contributed by atoms with Gasteiger partial charge in [0.1, 0.15) is 0 Å². The van der Waals surface area contributed by atoms with Crippen LogP contribution >= 0.6 is 0 Å². The first-order chi connectivity index (χ1) is 10.9. The molecule has 1 saturated carbocycles. The summed E-state index contributed by atoms with van der Waals surface area (Å²) < 4.78 is 25.4. The Hall–Kier alpha value is -0.620. The standard InChI is InChI=1S/C17H32N2O3S/c1-3-4-6-14-8-10-15(11-9-14)17(20)19-12-5-7-16(13-19)18-23(2,21)22/h14-16,18H,3-13H2,1-2H3. The van der Waals surface area contributed by atoms with E-state index in [4.69, 9.17) is 0 Å². The molecule has 0 aromatic rings. The maximum atomic E-state index is 12.7. The fourth-order valence-electron chi connectivity index (χ4n) is 4.03. The number of nitrogens with zero attached hydrogens (tertiary/aromatic N) is 1. The van der Waals surface area contributed by atoms with Gasteiger partial charge in [0.25, 0.3) is 0 Å². The minimum atomic E-state index is -3.20. The zero-order valence-corrected chi connectivity index (χ0v) is 15.4. The van der Waals surface area contributed by atoms with Gasteiger partial charge in [0.05, 0.1) is 6.26 Å². The van der Waals surface area contributed by atoms with Crippen molar-refractivity contribution < 1.29 is 13.2 Å². The minimum absolute atomic E-state index is 0.122. The molecular weight excluding hydrogens is 312 g/mol. The third kappa shape index (κ3) is 6.07. The second kappa shape index (κ2) is 8.47. The molecule has 1 heterocycles. The van der Waals surface area contributed by atoms with Crippen molar-refractivity contribution in [1.82, 2.24) is 9.62 Å². The van der Waals surface area contributed by atoms with Crippen LogP contribution in [0.2, 0.25) is 0 Å². The molecule has 134 valence electrons. The number of nitrogens with one attached hydrogen (secondary N) is 1. The van der Waals surface area contributed by atoms with Gasteiger partial charge in [-0.2, -0.15) is 0 Å². The van der Waals surface area contributed by atoms with E-state index < -0.39 is 10.0 Å². The number of piperidine rings is 1. The van der Waals surface area contributed by atoms with Gasteiger partial charge < -0.3 is 4.90 Å². The Labute approximate surface area is 141 Å². The molecule has 2 fully saturated rings. The molecule has 2 rings (SSSR count). The van der Waals surface area contributed by atoms with Crippen LogP contribution in [0.3, 0.4) is 0 Å². The van der Waals surface area contributed by atoms with Gasteiger partial charge in [0.15, 0.2) is 0 Å². The fraction of sp³-hybridized carbons (Fsp3) is 0.941. The zero-order chi connectivity index (χ0) is 16.9. The molecule has 1 unspecified atom stereocenters. The van der Waals surface area contributed by atoms with Crippen LogP contribution in [0.1, 0.15) is 64.7 Å². The predicted molar refractivity (Wildman–Crippen MR) is 92.6 cm³/mol. The maximum absolute atomic E-state index is 12.7. The Balaban J connectivity index is 1.81. The highest BCUT2D eigenvalue weighted by molar-refractivity contribution is 7.88. The van der Waals surface area contributed by atoms with E-state index in [1.165, 1.54) is 38.4 Å². The molecule has 0 bridgehead atoms. The van der Waals surface area contributed by atoms with E-state index >= 15 is 0 Å². The van der Waals surface area contributed by atoms with Crippen LogP contribution in [0, 0.1) is 11.8 Å². The number of hydrogen-bond donors (Lipinski definition) is 1. The van der Waals surface area contributed by atoms with Crippen LogP contribution in [0.5, 0.6) is 0 Å². The van der Waals surface area contributed by atoms with E-state index in [1.807, 2.05) is 4.90 Å². The zero-order valence-electron chi connectivity index (χ0n) is 14.6. The average Bonchev–Trinajstić information content (AvgIpc) is 2.51. The molecule has 6 heteroatoms. The molecule has 1 aliphatic heterocycles. The molecular formula is C17H32N2O3S. The summed E-state index contributed by atoms with van der Waals surface area (Å²) in [7, 11) is -3.20. The molecule has 23 heavy (non-hydrogen) atoms. The summed E-state index contributed by atoms with van der Waals surface area (Å²) in [6, 6.07) is -0.122. The first kappa shape index (κ1) is 18.7. The van der Waals surface area contributed by atoms with Crippen molar-refractivity contribution in [2.75, 3.05) is 19.3 Å². The number of likely N-dealkylation sites (tertiary alicyclic amines) is 1. The van der Waals surface area contributed by atoms with Crippen molar-refractivity contribution in [3.8, 4) is 0 Å². The Morgan fingerprint density at radius 2 is 1.87 bits per heavy atom. The van der Waals surface area contributed by atoms with E-state index in [0.29, 0.717) is 6.54 Å². The number of amides is 1. The van der Waals surface area contributed by atoms with Crippen molar-refractivity contribution in [3.05, 3.63) is 0 Å². The third-order valence-electron chi connectivity index (χ3n) is 5.28. The fourth-order valence-corrected chi connectivity index (χ4v) is 4.82. The van der Waals surface area contributed by atoms with Gasteiger partial charge in [-0.25, -0.2) is 13.1 Å². The predicted octanol–water partition coefficient (Wildman–Crippen LogP) is 2.52.